The maximum atomic E-state index is 13.1. The van der Waals surface area contributed by atoms with Crippen molar-refractivity contribution in [1.82, 2.24) is 9.62 Å². The highest BCUT2D eigenvalue weighted by atomic mass is 32.2. The maximum absolute atomic E-state index is 13.1. The van der Waals surface area contributed by atoms with Crippen molar-refractivity contribution in [2.45, 2.75) is 50.1 Å². The quantitative estimate of drug-likeness (QED) is 0.773. The Morgan fingerprint density at radius 3 is 2.38 bits per heavy atom. The van der Waals surface area contributed by atoms with E-state index in [1.54, 1.807) is 13.8 Å². The first-order valence-corrected chi connectivity index (χ1v) is 9.89. The van der Waals surface area contributed by atoms with Gasteiger partial charge < -0.3 is 10.4 Å². The monoisotopic (exact) mass is 386 g/mol. The van der Waals surface area contributed by atoms with Gasteiger partial charge in [-0.15, -0.1) is 0 Å². The van der Waals surface area contributed by atoms with Crippen LogP contribution in [0.1, 0.15) is 33.1 Å². The van der Waals surface area contributed by atoms with Crippen LogP contribution in [0.15, 0.2) is 29.2 Å². The lowest BCUT2D eigenvalue weighted by Gasteiger charge is -2.34. The molecule has 2 atom stereocenters. The van der Waals surface area contributed by atoms with Crippen molar-refractivity contribution in [2.24, 2.45) is 5.92 Å². The van der Waals surface area contributed by atoms with Crippen LogP contribution >= 0.6 is 0 Å². The molecule has 26 heavy (non-hydrogen) atoms. The van der Waals surface area contributed by atoms with Crippen LogP contribution in [0.25, 0.3) is 0 Å². The second-order valence-electron chi connectivity index (χ2n) is 6.65. The number of amides is 1. The van der Waals surface area contributed by atoms with Crippen molar-refractivity contribution in [3.8, 4) is 0 Å². The Balaban J connectivity index is 2.27. The van der Waals surface area contributed by atoms with Crippen LogP contribution in [0.2, 0.25) is 0 Å². The van der Waals surface area contributed by atoms with Crippen molar-refractivity contribution in [2.75, 3.05) is 6.54 Å². The Morgan fingerprint density at radius 1 is 1.23 bits per heavy atom. The highest BCUT2D eigenvalue weighted by Crippen LogP contribution is 2.26. The molecule has 0 aromatic heterocycles. The van der Waals surface area contributed by atoms with Gasteiger partial charge in [0.25, 0.3) is 0 Å². The molecule has 1 saturated heterocycles. The average Bonchev–Trinajstić information content (AvgIpc) is 2.59. The lowest BCUT2D eigenvalue weighted by atomic mass is 10.0. The smallest absolute Gasteiger partial charge is 0.326 e. The Kier molecular flexibility index (Phi) is 6.35. The molecule has 144 valence electrons. The number of aliphatic carboxylic acids is 1. The number of carboxylic acids is 1. The van der Waals surface area contributed by atoms with Gasteiger partial charge in [-0.1, -0.05) is 20.3 Å². The topological polar surface area (TPSA) is 104 Å². The number of rotatable bonds is 6. The van der Waals surface area contributed by atoms with E-state index in [2.05, 4.69) is 5.32 Å². The molecule has 1 aliphatic rings. The Labute approximate surface area is 152 Å². The fourth-order valence-corrected chi connectivity index (χ4v) is 4.62. The SMILES string of the molecule is CC(C)C(NC(=O)C1CCCCN1S(=O)(=O)c1ccc(F)cc1)C(=O)O. The molecule has 2 N–H and O–H groups in total. The zero-order chi connectivity index (χ0) is 19.5. The molecule has 0 spiro atoms. The molecule has 0 aliphatic carbocycles. The molecular weight excluding hydrogens is 363 g/mol. The number of carboxylic acid groups (broad SMARTS) is 1. The van der Waals surface area contributed by atoms with Gasteiger partial charge in [0, 0.05) is 6.54 Å². The number of hydrogen-bond acceptors (Lipinski definition) is 4. The molecule has 0 bridgehead atoms. The third-order valence-electron chi connectivity index (χ3n) is 4.41. The van der Waals surface area contributed by atoms with Crippen LogP contribution in [0, 0.1) is 11.7 Å². The number of sulfonamides is 1. The van der Waals surface area contributed by atoms with Gasteiger partial charge in [-0.25, -0.2) is 17.6 Å². The molecule has 1 amide bonds. The Bertz CT molecular complexity index is 764. The van der Waals surface area contributed by atoms with Crippen LogP contribution in [-0.4, -0.2) is 48.3 Å². The van der Waals surface area contributed by atoms with Gasteiger partial charge in [0.05, 0.1) is 4.90 Å². The molecule has 1 fully saturated rings. The van der Waals surface area contributed by atoms with E-state index in [-0.39, 0.29) is 17.4 Å². The minimum Gasteiger partial charge on any atom is -0.480 e. The highest BCUT2D eigenvalue weighted by molar-refractivity contribution is 7.89. The molecule has 9 heteroatoms. The number of carbonyl (C=O) groups excluding carboxylic acids is 1. The highest BCUT2D eigenvalue weighted by Gasteiger charge is 2.39. The summed E-state index contributed by atoms with van der Waals surface area (Å²) in [6.45, 7) is 3.47. The van der Waals surface area contributed by atoms with Crippen LogP contribution in [0.4, 0.5) is 4.39 Å². The van der Waals surface area contributed by atoms with Gasteiger partial charge in [-0.3, -0.25) is 4.79 Å². The van der Waals surface area contributed by atoms with Gasteiger partial charge in [-0.05, 0) is 43.0 Å². The van der Waals surface area contributed by atoms with Crippen LogP contribution < -0.4 is 5.32 Å². The fraction of sp³-hybridized carbons (Fsp3) is 0.529. The van der Waals surface area contributed by atoms with Crippen molar-refractivity contribution in [1.29, 1.82) is 0 Å². The summed E-state index contributed by atoms with van der Waals surface area (Å²) < 4.78 is 39.9. The van der Waals surface area contributed by atoms with E-state index in [1.807, 2.05) is 0 Å². The number of carbonyl (C=O) groups is 2. The number of nitrogens with one attached hydrogen (secondary N) is 1. The minimum absolute atomic E-state index is 0.0998. The van der Waals surface area contributed by atoms with E-state index in [4.69, 9.17) is 0 Å². The standard InChI is InChI=1S/C17H23FN2O5S/c1-11(2)15(17(22)23)19-16(21)14-5-3-4-10-20(14)26(24,25)13-8-6-12(18)7-9-13/h6-9,11,14-15H,3-5,10H2,1-2H3,(H,19,21)(H,22,23). The molecule has 1 aromatic carbocycles. The van der Waals surface area contributed by atoms with Crippen LogP contribution in [0.3, 0.4) is 0 Å². The molecule has 7 nitrogen and oxygen atoms in total. The van der Waals surface area contributed by atoms with Crippen molar-refractivity contribution < 1.29 is 27.5 Å². The second-order valence-corrected chi connectivity index (χ2v) is 8.54. The summed E-state index contributed by atoms with van der Waals surface area (Å²) in [5.41, 5.74) is 0. The lowest BCUT2D eigenvalue weighted by molar-refractivity contribution is -0.143. The first-order valence-electron chi connectivity index (χ1n) is 8.45. The van der Waals surface area contributed by atoms with Crippen molar-refractivity contribution >= 4 is 21.9 Å². The van der Waals surface area contributed by atoms with Gasteiger partial charge in [-0.2, -0.15) is 4.31 Å². The summed E-state index contributed by atoms with van der Waals surface area (Å²) in [4.78, 5) is 23.8. The van der Waals surface area contributed by atoms with Gasteiger partial charge in [0.1, 0.15) is 17.9 Å². The van der Waals surface area contributed by atoms with E-state index in [0.717, 1.165) is 28.6 Å². The number of halogens is 1. The average molecular weight is 386 g/mol. The minimum atomic E-state index is -3.99. The van der Waals surface area contributed by atoms with Crippen molar-refractivity contribution in [3.63, 3.8) is 0 Å². The molecular formula is C17H23FN2O5S. The van der Waals surface area contributed by atoms with E-state index >= 15 is 0 Å². The van der Waals surface area contributed by atoms with E-state index < -0.39 is 39.8 Å². The molecule has 2 unspecified atom stereocenters. The summed E-state index contributed by atoms with van der Waals surface area (Å²) >= 11 is 0. The lowest BCUT2D eigenvalue weighted by Crippen LogP contribution is -2.55. The zero-order valence-electron chi connectivity index (χ0n) is 14.7. The summed E-state index contributed by atoms with van der Waals surface area (Å²) in [5, 5.41) is 11.7. The third kappa shape index (κ3) is 4.39. The zero-order valence-corrected chi connectivity index (χ0v) is 15.5. The predicted molar refractivity (Wildman–Crippen MR) is 92.3 cm³/mol. The molecule has 2 rings (SSSR count). The Morgan fingerprint density at radius 2 is 1.85 bits per heavy atom. The summed E-state index contributed by atoms with van der Waals surface area (Å²) in [7, 11) is -3.99. The Hall–Kier alpha value is -2.00. The van der Waals surface area contributed by atoms with Gasteiger partial charge in [0.2, 0.25) is 15.9 Å². The van der Waals surface area contributed by atoms with Gasteiger partial charge >= 0.3 is 5.97 Å². The molecule has 1 heterocycles. The summed E-state index contributed by atoms with van der Waals surface area (Å²) in [6.07, 6.45) is 1.56. The second kappa shape index (κ2) is 8.13. The largest absolute Gasteiger partial charge is 0.480 e. The van der Waals surface area contributed by atoms with E-state index in [9.17, 15) is 27.5 Å². The van der Waals surface area contributed by atoms with Crippen LogP contribution in [0.5, 0.6) is 0 Å². The summed E-state index contributed by atoms with van der Waals surface area (Å²) in [6, 6.07) is 2.32. The number of piperidine rings is 1. The maximum Gasteiger partial charge on any atom is 0.326 e. The first kappa shape index (κ1) is 20.3. The third-order valence-corrected chi connectivity index (χ3v) is 6.33. The van der Waals surface area contributed by atoms with E-state index in [1.165, 1.54) is 0 Å². The van der Waals surface area contributed by atoms with Gasteiger partial charge in [0.15, 0.2) is 0 Å². The number of benzene rings is 1. The number of nitrogens with zero attached hydrogens (tertiary/aromatic N) is 1. The van der Waals surface area contributed by atoms with E-state index in [0.29, 0.717) is 19.3 Å². The number of hydrogen-bond donors (Lipinski definition) is 2. The molecule has 1 aliphatic heterocycles. The first-order chi connectivity index (χ1) is 12.1. The summed E-state index contributed by atoms with van der Waals surface area (Å²) in [5.74, 6) is -2.70. The molecule has 0 saturated carbocycles. The molecule has 0 radical (unpaired) electrons. The van der Waals surface area contributed by atoms with Crippen molar-refractivity contribution in [3.05, 3.63) is 30.1 Å². The fourth-order valence-electron chi connectivity index (χ4n) is 2.96. The molecule has 1 aromatic rings. The normalized spacial score (nSPS) is 19.9. The van der Waals surface area contributed by atoms with Crippen LogP contribution in [-0.2, 0) is 19.6 Å². The predicted octanol–water partition coefficient (Wildman–Crippen LogP) is 1.59.